The summed E-state index contributed by atoms with van der Waals surface area (Å²) in [6, 6.07) is 13.7. The summed E-state index contributed by atoms with van der Waals surface area (Å²) in [5, 5.41) is 13.6. The van der Waals surface area contributed by atoms with Crippen molar-refractivity contribution in [2.24, 2.45) is 0 Å². The van der Waals surface area contributed by atoms with Gasteiger partial charge in [-0.05, 0) is 30.7 Å². The number of carbonyl (C=O) groups is 1. The number of anilines is 1. The molecule has 1 N–H and O–H groups in total. The minimum absolute atomic E-state index is 0.204. The monoisotopic (exact) mass is 349 g/mol. The Morgan fingerprint density at radius 1 is 1.20 bits per heavy atom. The third-order valence-electron chi connectivity index (χ3n) is 3.88. The number of nitrogens with one attached hydrogen (secondary N) is 1. The Hall–Kier alpha value is -3.06. The van der Waals surface area contributed by atoms with Crippen LogP contribution < -0.4 is 5.32 Å². The number of aryl methyl sites for hydroxylation is 1. The van der Waals surface area contributed by atoms with E-state index >= 15 is 0 Å². The molecule has 7 heteroatoms. The molecule has 2 heterocycles. The van der Waals surface area contributed by atoms with Gasteiger partial charge in [0.2, 0.25) is 0 Å². The van der Waals surface area contributed by atoms with E-state index < -0.39 is 0 Å². The van der Waals surface area contributed by atoms with Gasteiger partial charge in [0.1, 0.15) is 5.52 Å². The topological polar surface area (TPSA) is 72.7 Å². The van der Waals surface area contributed by atoms with E-state index in [1.54, 1.807) is 18.3 Å². The van der Waals surface area contributed by atoms with E-state index in [1.807, 2.05) is 16.1 Å². The van der Waals surface area contributed by atoms with E-state index in [-0.39, 0.29) is 5.91 Å². The zero-order valence-electron chi connectivity index (χ0n) is 13.5. The minimum Gasteiger partial charge on any atom is -0.298 e. The Kier molecular flexibility index (Phi) is 3.99. The number of hydrogen-bond donors (Lipinski definition) is 1. The highest BCUT2D eigenvalue weighted by molar-refractivity contribution is 7.13. The van der Waals surface area contributed by atoms with Crippen LogP contribution in [0.25, 0.3) is 11.0 Å². The standard InChI is InChI=1S/C18H15N5OS/c1-12-2-4-13(5-3-12)11-23-16-7-6-14(10-15(16)21-22-23)17(24)20-18-19-8-9-25-18/h2-10H,11H2,1H3,(H,19,20,24). The number of aromatic nitrogens is 4. The van der Waals surface area contributed by atoms with Crippen LogP contribution in [-0.2, 0) is 6.54 Å². The van der Waals surface area contributed by atoms with Gasteiger partial charge in [0, 0.05) is 17.1 Å². The van der Waals surface area contributed by atoms with Gasteiger partial charge in [-0.15, -0.1) is 16.4 Å². The first-order valence-electron chi connectivity index (χ1n) is 7.79. The average molecular weight is 349 g/mol. The lowest BCUT2D eigenvalue weighted by Crippen LogP contribution is -2.11. The molecule has 4 rings (SSSR count). The fraction of sp³-hybridized carbons (Fsp3) is 0.111. The van der Waals surface area contributed by atoms with Crippen molar-refractivity contribution in [2.45, 2.75) is 13.5 Å². The lowest BCUT2D eigenvalue weighted by molar-refractivity contribution is 0.102. The van der Waals surface area contributed by atoms with E-state index in [0.717, 1.165) is 11.1 Å². The van der Waals surface area contributed by atoms with Crippen molar-refractivity contribution in [3.63, 3.8) is 0 Å². The maximum Gasteiger partial charge on any atom is 0.257 e. The van der Waals surface area contributed by atoms with Crippen molar-refractivity contribution in [3.05, 3.63) is 70.7 Å². The normalized spacial score (nSPS) is 10.9. The molecule has 0 saturated carbocycles. The maximum atomic E-state index is 12.3. The Labute approximate surface area is 148 Å². The van der Waals surface area contributed by atoms with Crippen LogP contribution in [0.15, 0.2) is 54.0 Å². The van der Waals surface area contributed by atoms with Gasteiger partial charge in [-0.3, -0.25) is 10.1 Å². The Bertz CT molecular complexity index is 1020. The van der Waals surface area contributed by atoms with E-state index in [2.05, 4.69) is 51.8 Å². The molecule has 0 radical (unpaired) electrons. The predicted octanol–water partition coefficient (Wildman–Crippen LogP) is 3.50. The van der Waals surface area contributed by atoms with Gasteiger partial charge in [-0.1, -0.05) is 35.0 Å². The molecule has 0 bridgehead atoms. The quantitative estimate of drug-likeness (QED) is 0.612. The molecule has 0 aliphatic heterocycles. The highest BCUT2D eigenvalue weighted by Crippen LogP contribution is 2.17. The summed E-state index contributed by atoms with van der Waals surface area (Å²) in [5.41, 5.74) is 4.50. The first-order valence-corrected chi connectivity index (χ1v) is 8.67. The molecular weight excluding hydrogens is 334 g/mol. The number of fused-ring (bicyclic) bond motifs is 1. The lowest BCUT2D eigenvalue weighted by Gasteiger charge is -2.04. The van der Waals surface area contributed by atoms with Crippen LogP contribution in [0.4, 0.5) is 5.13 Å². The Morgan fingerprint density at radius 3 is 2.80 bits per heavy atom. The van der Waals surface area contributed by atoms with Gasteiger partial charge < -0.3 is 0 Å². The van der Waals surface area contributed by atoms with E-state index in [1.165, 1.54) is 16.9 Å². The smallest absolute Gasteiger partial charge is 0.257 e. The summed E-state index contributed by atoms with van der Waals surface area (Å²) in [6.07, 6.45) is 1.65. The zero-order valence-corrected chi connectivity index (χ0v) is 14.3. The van der Waals surface area contributed by atoms with Gasteiger partial charge in [-0.2, -0.15) is 0 Å². The molecule has 25 heavy (non-hydrogen) atoms. The second-order valence-electron chi connectivity index (χ2n) is 5.73. The van der Waals surface area contributed by atoms with Crippen LogP contribution in [0.5, 0.6) is 0 Å². The molecular formula is C18H15N5OS. The molecule has 4 aromatic rings. The van der Waals surface area contributed by atoms with Crippen LogP contribution >= 0.6 is 11.3 Å². The van der Waals surface area contributed by atoms with Crippen LogP contribution in [0.1, 0.15) is 21.5 Å². The van der Waals surface area contributed by atoms with Crippen LogP contribution in [-0.4, -0.2) is 25.9 Å². The van der Waals surface area contributed by atoms with Crippen molar-refractivity contribution in [2.75, 3.05) is 5.32 Å². The highest BCUT2D eigenvalue weighted by atomic mass is 32.1. The molecule has 1 amide bonds. The third-order valence-corrected chi connectivity index (χ3v) is 4.57. The predicted molar refractivity (Wildman–Crippen MR) is 97.9 cm³/mol. The van der Waals surface area contributed by atoms with Crippen LogP contribution in [0, 0.1) is 6.92 Å². The van der Waals surface area contributed by atoms with Gasteiger partial charge in [0.25, 0.3) is 5.91 Å². The molecule has 2 aromatic carbocycles. The first kappa shape index (κ1) is 15.5. The van der Waals surface area contributed by atoms with E-state index in [4.69, 9.17) is 0 Å². The van der Waals surface area contributed by atoms with Crippen molar-refractivity contribution in [1.82, 2.24) is 20.0 Å². The summed E-state index contributed by atoms with van der Waals surface area (Å²) in [4.78, 5) is 16.3. The number of hydrogen-bond acceptors (Lipinski definition) is 5. The summed E-state index contributed by atoms with van der Waals surface area (Å²) < 4.78 is 1.84. The van der Waals surface area contributed by atoms with Gasteiger partial charge in [-0.25, -0.2) is 9.67 Å². The highest BCUT2D eigenvalue weighted by Gasteiger charge is 2.11. The van der Waals surface area contributed by atoms with Gasteiger partial charge in [0.05, 0.1) is 12.1 Å². The van der Waals surface area contributed by atoms with E-state index in [9.17, 15) is 4.79 Å². The molecule has 0 atom stereocenters. The fourth-order valence-electron chi connectivity index (χ4n) is 2.55. The molecule has 2 aromatic heterocycles. The lowest BCUT2D eigenvalue weighted by atomic mass is 10.1. The number of benzene rings is 2. The molecule has 6 nitrogen and oxygen atoms in total. The van der Waals surface area contributed by atoms with Crippen molar-refractivity contribution < 1.29 is 4.79 Å². The largest absolute Gasteiger partial charge is 0.298 e. The number of carbonyl (C=O) groups excluding carboxylic acids is 1. The number of thiazole rings is 1. The summed E-state index contributed by atoms with van der Waals surface area (Å²) >= 11 is 1.38. The fourth-order valence-corrected chi connectivity index (χ4v) is 3.08. The second kappa shape index (κ2) is 6.45. The molecule has 0 saturated heterocycles. The molecule has 0 aliphatic rings. The van der Waals surface area contributed by atoms with Crippen LogP contribution in [0.3, 0.4) is 0 Å². The summed E-state index contributed by atoms with van der Waals surface area (Å²) in [5.74, 6) is -0.204. The zero-order chi connectivity index (χ0) is 17.2. The maximum absolute atomic E-state index is 12.3. The summed E-state index contributed by atoms with van der Waals surface area (Å²) in [6.45, 7) is 2.70. The molecule has 0 aliphatic carbocycles. The molecule has 0 fully saturated rings. The van der Waals surface area contributed by atoms with Crippen molar-refractivity contribution in [1.29, 1.82) is 0 Å². The number of amides is 1. The SMILES string of the molecule is Cc1ccc(Cn2nnc3cc(C(=O)Nc4nccs4)ccc32)cc1. The van der Waals surface area contributed by atoms with Gasteiger partial charge >= 0.3 is 0 Å². The van der Waals surface area contributed by atoms with Crippen LogP contribution in [0.2, 0.25) is 0 Å². The number of nitrogens with zero attached hydrogens (tertiary/aromatic N) is 4. The molecule has 0 spiro atoms. The van der Waals surface area contributed by atoms with Gasteiger partial charge in [0.15, 0.2) is 5.13 Å². The van der Waals surface area contributed by atoms with Crippen molar-refractivity contribution >= 4 is 33.4 Å². The van der Waals surface area contributed by atoms with Crippen molar-refractivity contribution in [3.8, 4) is 0 Å². The first-order chi connectivity index (χ1) is 12.2. The Balaban J connectivity index is 1.58. The third kappa shape index (κ3) is 3.27. The second-order valence-corrected chi connectivity index (χ2v) is 6.62. The minimum atomic E-state index is -0.204. The Morgan fingerprint density at radius 2 is 2.04 bits per heavy atom. The number of rotatable bonds is 4. The molecule has 0 unspecified atom stereocenters. The van der Waals surface area contributed by atoms with E-state index in [0.29, 0.717) is 22.8 Å². The molecule has 124 valence electrons. The average Bonchev–Trinajstić information content (AvgIpc) is 3.26. The summed E-state index contributed by atoms with van der Waals surface area (Å²) in [7, 11) is 0.